The van der Waals surface area contributed by atoms with E-state index in [0.717, 1.165) is 33.5 Å². The van der Waals surface area contributed by atoms with Gasteiger partial charge in [0.25, 0.3) is 5.91 Å². The summed E-state index contributed by atoms with van der Waals surface area (Å²) in [5, 5.41) is 9.67. The predicted molar refractivity (Wildman–Crippen MR) is 190 cm³/mol. The standard InChI is InChI=1S/C36H34Cl2N6O4S/c37-27-13-14-30(31(38)20-27)33-22-43(28-7-4-8-29(21-28)44-23-35(45)42-49(44,46)47)34(39-33)19-25-9-11-26(12-10-25)32-15-16-36(41-40-32)48-18-17-24-5-2-1-3-6-24/h4,7-16,20-22,24H,1-3,5-6,17-19,23H2,(H,42,45). The highest BCUT2D eigenvalue weighted by Crippen LogP contribution is 2.33. The van der Waals surface area contributed by atoms with E-state index in [1.54, 1.807) is 30.3 Å². The summed E-state index contributed by atoms with van der Waals surface area (Å²) in [4.78, 5) is 16.9. The van der Waals surface area contributed by atoms with Crippen molar-refractivity contribution in [2.75, 3.05) is 17.5 Å². The van der Waals surface area contributed by atoms with Crippen LogP contribution in [-0.4, -0.2) is 47.2 Å². The molecule has 1 saturated heterocycles. The zero-order chi connectivity index (χ0) is 34.0. The van der Waals surface area contributed by atoms with E-state index in [-0.39, 0.29) is 6.54 Å². The molecule has 10 nitrogen and oxygen atoms in total. The van der Waals surface area contributed by atoms with Crippen molar-refractivity contribution in [3.05, 3.63) is 106 Å². The van der Waals surface area contributed by atoms with Gasteiger partial charge >= 0.3 is 10.2 Å². The van der Waals surface area contributed by atoms with Crippen LogP contribution in [0.5, 0.6) is 5.88 Å². The molecule has 2 aliphatic rings. The lowest BCUT2D eigenvalue weighted by molar-refractivity contribution is -0.117. The fourth-order valence-electron chi connectivity index (χ4n) is 6.40. The number of amides is 1. The van der Waals surface area contributed by atoms with Gasteiger partial charge < -0.3 is 9.30 Å². The molecule has 1 saturated carbocycles. The average molecular weight is 718 g/mol. The van der Waals surface area contributed by atoms with Crippen LogP contribution in [0.15, 0.2) is 85.1 Å². The van der Waals surface area contributed by atoms with Crippen LogP contribution in [0.1, 0.15) is 49.9 Å². The minimum atomic E-state index is -3.97. The van der Waals surface area contributed by atoms with E-state index in [4.69, 9.17) is 32.9 Å². The summed E-state index contributed by atoms with van der Waals surface area (Å²) in [6, 6.07) is 24.0. The first kappa shape index (κ1) is 33.1. The van der Waals surface area contributed by atoms with Crippen LogP contribution in [0, 0.1) is 5.92 Å². The zero-order valence-electron chi connectivity index (χ0n) is 26.6. The predicted octanol–water partition coefficient (Wildman–Crippen LogP) is 7.42. The second kappa shape index (κ2) is 14.2. The summed E-state index contributed by atoms with van der Waals surface area (Å²) in [7, 11) is -3.97. The van der Waals surface area contributed by atoms with Crippen molar-refractivity contribution in [2.45, 2.75) is 44.9 Å². The number of halogens is 2. The topological polar surface area (TPSA) is 119 Å². The highest BCUT2D eigenvalue weighted by molar-refractivity contribution is 7.92. The monoisotopic (exact) mass is 716 g/mol. The van der Waals surface area contributed by atoms with Gasteiger partial charge in [-0.25, -0.2) is 14.0 Å². The molecular formula is C36H34Cl2N6O4S. The Labute approximate surface area is 295 Å². The third-order valence-electron chi connectivity index (χ3n) is 8.95. The molecule has 1 aliphatic carbocycles. The molecule has 0 unspecified atom stereocenters. The molecule has 7 rings (SSSR count). The first-order chi connectivity index (χ1) is 23.7. The molecule has 0 bridgehead atoms. The molecule has 49 heavy (non-hydrogen) atoms. The van der Waals surface area contributed by atoms with Gasteiger partial charge in [0.2, 0.25) is 5.88 Å². The number of anilines is 1. The lowest BCUT2D eigenvalue weighted by Gasteiger charge is -2.21. The number of hydrogen-bond acceptors (Lipinski definition) is 7. The number of nitrogens with zero attached hydrogens (tertiary/aromatic N) is 5. The molecular weight excluding hydrogens is 683 g/mol. The Morgan fingerprint density at radius 2 is 1.67 bits per heavy atom. The summed E-state index contributed by atoms with van der Waals surface area (Å²) in [5.74, 6) is 1.40. The summed E-state index contributed by atoms with van der Waals surface area (Å²) in [6.45, 7) is 0.370. The van der Waals surface area contributed by atoms with Crippen LogP contribution in [-0.2, 0) is 21.4 Å². The van der Waals surface area contributed by atoms with Gasteiger partial charge in [-0.05, 0) is 60.4 Å². The van der Waals surface area contributed by atoms with Gasteiger partial charge in [-0.15, -0.1) is 10.2 Å². The first-order valence-corrected chi connectivity index (χ1v) is 18.4. The molecule has 3 heterocycles. The smallest absolute Gasteiger partial charge is 0.326 e. The molecule has 252 valence electrons. The average Bonchev–Trinajstić information content (AvgIpc) is 3.64. The van der Waals surface area contributed by atoms with Crippen LogP contribution in [0.4, 0.5) is 5.69 Å². The minimum Gasteiger partial charge on any atom is -0.477 e. The molecule has 2 aromatic heterocycles. The van der Waals surface area contributed by atoms with Crippen LogP contribution in [0.25, 0.3) is 28.2 Å². The van der Waals surface area contributed by atoms with Gasteiger partial charge in [-0.1, -0.05) is 85.6 Å². The molecule has 2 fully saturated rings. The van der Waals surface area contributed by atoms with E-state index >= 15 is 0 Å². The van der Waals surface area contributed by atoms with Crippen molar-refractivity contribution in [3.63, 3.8) is 0 Å². The van der Waals surface area contributed by atoms with Crippen molar-refractivity contribution < 1.29 is 17.9 Å². The molecule has 5 aromatic rings. The number of aromatic nitrogens is 4. The summed E-state index contributed by atoms with van der Waals surface area (Å²) >= 11 is 12.7. The molecule has 13 heteroatoms. The van der Waals surface area contributed by atoms with Crippen molar-refractivity contribution >= 4 is 45.0 Å². The van der Waals surface area contributed by atoms with Gasteiger partial charge in [0.05, 0.1) is 28.7 Å². The Balaban J connectivity index is 1.12. The molecule has 0 radical (unpaired) electrons. The van der Waals surface area contributed by atoms with E-state index in [0.29, 0.717) is 57.4 Å². The highest BCUT2D eigenvalue weighted by Gasteiger charge is 2.34. The zero-order valence-corrected chi connectivity index (χ0v) is 28.9. The quantitative estimate of drug-likeness (QED) is 0.160. The van der Waals surface area contributed by atoms with Crippen molar-refractivity contribution in [2.24, 2.45) is 5.92 Å². The molecule has 1 amide bonds. The van der Waals surface area contributed by atoms with Crippen molar-refractivity contribution in [1.29, 1.82) is 0 Å². The normalized spacial score (nSPS) is 16.1. The van der Waals surface area contributed by atoms with E-state index in [1.165, 1.54) is 32.1 Å². The maximum Gasteiger partial charge on any atom is 0.326 e. The van der Waals surface area contributed by atoms with E-state index < -0.39 is 16.1 Å². The number of hydrogen-bond donors (Lipinski definition) is 1. The Bertz CT molecular complexity index is 2080. The molecule has 1 aliphatic heterocycles. The molecule has 3 aromatic carbocycles. The Kier molecular flexibility index (Phi) is 9.57. The molecule has 1 N–H and O–H groups in total. The van der Waals surface area contributed by atoms with E-state index in [9.17, 15) is 13.2 Å². The maximum atomic E-state index is 12.6. The van der Waals surface area contributed by atoms with E-state index in [2.05, 4.69) is 10.2 Å². The minimum absolute atomic E-state index is 0.291. The van der Waals surface area contributed by atoms with Crippen LogP contribution >= 0.6 is 23.2 Å². The number of nitrogens with one attached hydrogen (secondary N) is 1. The van der Waals surface area contributed by atoms with Crippen molar-refractivity contribution in [3.8, 4) is 34.1 Å². The van der Waals surface area contributed by atoms with Gasteiger partial charge in [0, 0.05) is 40.5 Å². The van der Waals surface area contributed by atoms with Gasteiger partial charge in [-0.2, -0.15) is 8.42 Å². The van der Waals surface area contributed by atoms with Crippen LogP contribution in [0.2, 0.25) is 10.0 Å². The highest BCUT2D eigenvalue weighted by atomic mass is 35.5. The number of carbonyl (C=O) groups excluding carboxylic acids is 1. The second-order valence-corrected chi connectivity index (χ2v) is 14.8. The molecule has 0 spiro atoms. The summed E-state index contributed by atoms with van der Waals surface area (Å²) < 4.78 is 36.0. The first-order valence-electron chi connectivity index (χ1n) is 16.3. The second-order valence-electron chi connectivity index (χ2n) is 12.4. The Morgan fingerprint density at radius 3 is 2.39 bits per heavy atom. The summed E-state index contributed by atoms with van der Waals surface area (Å²) in [6.07, 6.45) is 9.95. The Morgan fingerprint density at radius 1 is 0.878 bits per heavy atom. The maximum absolute atomic E-state index is 12.6. The van der Waals surface area contributed by atoms with E-state index in [1.807, 2.05) is 64.0 Å². The number of benzene rings is 3. The van der Waals surface area contributed by atoms with Crippen molar-refractivity contribution in [1.82, 2.24) is 24.5 Å². The lowest BCUT2D eigenvalue weighted by atomic mass is 9.87. The van der Waals surface area contributed by atoms with Gasteiger partial charge in [0.15, 0.2) is 0 Å². The lowest BCUT2D eigenvalue weighted by Crippen LogP contribution is -2.29. The Hall–Kier alpha value is -4.45. The SMILES string of the molecule is O=C1CN(c2cccc(-n3cc(-c4ccc(Cl)cc4Cl)nc3Cc3ccc(-c4ccc(OCCC5CCCCC5)nn4)cc3)c2)S(=O)(=O)N1. The van der Waals surface area contributed by atoms with Crippen LogP contribution < -0.4 is 13.8 Å². The number of rotatable bonds is 10. The summed E-state index contributed by atoms with van der Waals surface area (Å²) in [5.41, 5.74) is 5.01. The largest absolute Gasteiger partial charge is 0.477 e. The van der Waals surface area contributed by atoms with Gasteiger partial charge in [0.1, 0.15) is 12.4 Å². The molecule has 0 atom stereocenters. The number of ether oxygens (including phenoxy) is 1. The fourth-order valence-corrected chi connectivity index (χ4v) is 8.05. The number of imidazole rings is 1. The fraction of sp³-hybridized carbons (Fsp3) is 0.278. The third-order valence-corrected chi connectivity index (χ3v) is 10.9. The van der Waals surface area contributed by atoms with Crippen LogP contribution in [0.3, 0.4) is 0 Å². The third kappa shape index (κ3) is 7.59. The van der Waals surface area contributed by atoms with Gasteiger partial charge in [-0.3, -0.25) is 4.79 Å². The number of carbonyl (C=O) groups is 1.